The van der Waals surface area contributed by atoms with E-state index < -0.39 is 0 Å². The molecule has 0 saturated carbocycles. The van der Waals surface area contributed by atoms with Gasteiger partial charge in [0.1, 0.15) is 18.1 Å². The molecule has 25 heavy (non-hydrogen) atoms. The maximum absolute atomic E-state index is 12.0. The summed E-state index contributed by atoms with van der Waals surface area (Å²) >= 11 is 5.97. The van der Waals surface area contributed by atoms with Gasteiger partial charge in [-0.15, -0.1) is 0 Å². The average molecular weight is 358 g/mol. The van der Waals surface area contributed by atoms with Gasteiger partial charge in [0, 0.05) is 5.56 Å². The summed E-state index contributed by atoms with van der Waals surface area (Å²) in [7, 11) is 0. The van der Waals surface area contributed by atoms with E-state index in [4.69, 9.17) is 21.1 Å². The SMILES string of the molecule is CC(C)Oc1ccc(C(=O)NCC#CCOc2ccccc2Cl)cc1. The Kier molecular flexibility index (Phi) is 7.18. The number of carbonyl (C=O) groups excluding carboxylic acids is 1. The maximum atomic E-state index is 12.0. The van der Waals surface area contributed by atoms with Crippen molar-refractivity contribution < 1.29 is 14.3 Å². The lowest BCUT2D eigenvalue weighted by atomic mass is 10.2. The van der Waals surface area contributed by atoms with Crippen molar-refractivity contribution in [3.05, 3.63) is 59.1 Å². The predicted molar refractivity (Wildman–Crippen MR) is 99.3 cm³/mol. The minimum atomic E-state index is -0.183. The number of halogens is 1. The molecule has 2 rings (SSSR count). The van der Waals surface area contributed by atoms with Gasteiger partial charge < -0.3 is 14.8 Å². The fourth-order valence-corrected chi connectivity index (χ4v) is 2.16. The van der Waals surface area contributed by atoms with E-state index in [2.05, 4.69) is 17.2 Å². The molecule has 4 nitrogen and oxygen atoms in total. The van der Waals surface area contributed by atoms with Crippen LogP contribution in [0.5, 0.6) is 11.5 Å². The molecule has 0 spiro atoms. The van der Waals surface area contributed by atoms with Gasteiger partial charge in [0.25, 0.3) is 5.91 Å². The van der Waals surface area contributed by atoms with Gasteiger partial charge in [-0.25, -0.2) is 0 Å². The summed E-state index contributed by atoms with van der Waals surface area (Å²) in [5.41, 5.74) is 0.560. The smallest absolute Gasteiger partial charge is 0.252 e. The van der Waals surface area contributed by atoms with E-state index in [1.54, 1.807) is 36.4 Å². The first-order valence-corrected chi connectivity index (χ1v) is 8.32. The van der Waals surface area contributed by atoms with Crippen LogP contribution >= 0.6 is 11.6 Å². The molecule has 0 unspecified atom stereocenters. The first kappa shape index (κ1) is 18.7. The van der Waals surface area contributed by atoms with Gasteiger partial charge in [-0.2, -0.15) is 0 Å². The third-order valence-corrected chi connectivity index (χ3v) is 3.40. The fraction of sp³-hybridized carbons (Fsp3) is 0.250. The molecule has 1 amide bonds. The van der Waals surface area contributed by atoms with E-state index in [1.165, 1.54) is 0 Å². The average Bonchev–Trinajstić information content (AvgIpc) is 2.59. The number of rotatable bonds is 6. The topological polar surface area (TPSA) is 47.6 Å². The summed E-state index contributed by atoms with van der Waals surface area (Å²) in [6.07, 6.45) is 0.0999. The number of hydrogen-bond donors (Lipinski definition) is 1. The van der Waals surface area contributed by atoms with Crippen molar-refractivity contribution in [1.29, 1.82) is 0 Å². The molecule has 130 valence electrons. The molecule has 0 radical (unpaired) electrons. The molecular weight excluding hydrogens is 338 g/mol. The van der Waals surface area contributed by atoms with Gasteiger partial charge in [0.2, 0.25) is 0 Å². The molecule has 1 N–H and O–H groups in total. The van der Waals surface area contributed by atoms with Crippen molar-refractivity contribution in [3.8, 4) is 23.3 Å². The normalized spacial score (nSPS) is 9.92. The summed E-state index contributed by atoms with van der Waals surface area (Å²) in [4.78, 5) is 12.0. The Morgan fingerprint density at radius 2 is 1.84 bits per heavy atom. The number of nitrogens with one attached hydrogen (secondary N) is 1. The van der Waals surface area contributed by atoms with E-state index >= 15 is 0 Å². The zero-order chi connectivity index (χ0) is 18.1. The number of ether oxygens (including phenoxy) is 2. The molecule has 0 aliphatic rings. The number of para-hydroxylation sites is 1. The number of benzene rings is 2. The van der Waals surface area contributed by atoms with Crippen LogP contribution in [0.4, 0.5) is 0 Å². The van der Waals surface area contributed by atoms with Crippen LogP contribution in [0, 0.1) is 11.8 Å². The largest absolute Gasteiger partial charge is 0.491 e. The lowest BCUT2D eigenvalue weighted by molar-refractivity contribution is 0.0958. The van der Waals surface area contributed by atoms with Crippen LogP contribution < -0.4 is 14.8 Å². The van der Waals surface area contributed by atoms with E-state index in [9.17, 15) is 4.79 Å². The highest BCUT2D eigenvalue weighted by Crippen LogP contribution is 2.22. The van der Waals surface area contributed by atoms with E-state index in [0.717, 1.165) is 5.75 Å². The fourth-order valence-electron chi connectivity index (χ4n) is 1.97. The molecule has 0 aliphatic heterocycles. The van der Waals surface area contributed by atoms with Crippen molar-refractivity contribution in [1.82, 2.24) is 5.32 Å². The zero-order valence-electron chi connectivity index (χ0n) is 14.2. The minimum Gasteiger partial charge on any atom is -0.491 e. The Morgan fingerprint density at radius 1 is 1.12 bits per heavy atom. The van der Waals surface area contributed by atoms with E-state index in [-0.39, 0.29) is 25.2 Å². The molecule has 0 aliphatic carbocycles. The Morgan fingerprint density at radius 3 is 2.52 bits per heavy atom. The highest BCUT2D eigenvalue weighted by Gasteiger charge is 2.05. The Bertz CT molecular complexity index is 761. The van der Waals surface area contributed by atoms with Gasteiger partial charge in [-0.3, -0.25) is 4.79 Å². The molecule has 2 aromatic rings. The van der Waals surface area contributed by atoms with Crippen LogP contribution in [0.1, 0.15) is 24.2 Å². The molecule has 0 aromatic heterocycles. The van der Waals surface area contributed by atoms with E-state index in [1.807, 2.05) is 26.0 Å². The second kappa shape index (κ2) is 9.61. The standard InChI is InChI=1S/C20H20ClNO3/c1-15(2)25-17-11-9-16(10-12-17)20(23)22-13-5-6-14-24-19-8-4-3-7-18(19)21/h3-4,7-12,15H,13-14H2,1-2H3,(H,22,23). The minimum absolute atomic E-state index is 0.0999. The molecule has 0 atom stereocenters. The molecule has 2 aromatic carbocycles. The zero-order valence-corrected chi connectivity index (χ0v) is 15.0. The lowest BCUT2D eigenvalue weighted by Gasteiger charge is -2.09. The maximum Gasteiger partial charge on any atom is 0.252 e. The van der Waals surface area contributed by atoms with Gasteiger partial charge in [-0.05, 0) is 50.2 Å². The van der Waals surface area contributed by atoms with Crippen molar-refractivity contribution in [2.45, 2.75) is 20.0 Å². The molecule has 0 saturated heterocycles. The second-order valence-corrected chi connectivity index (χ2v) is 5.85. The molecule has 0 fully saturated rings. The van der Waals surface area contributed by atoms with Crippen molar-refractivity contribution in [2.75, 3.05) is 13.2 Å². The summed E-state index contributed by atoms with van der Waals surface area (Å²) in [6, 6.07) is 14.2. The quantitative estimate of drug-likeness (QED) is 0.796. The lowest BCUT2D eigenvalue weighted by Crippen LogP contribution is -2.23. The van der Waals surface area contributed by atoms with Crippen LogP contribution in [0.2, 0.25) is 5.02 Å². The molecule has 0 bridgehead atoms. The van der Waals surface area contributed by atoms with Crippen LogP contribution in [-0.4, -0.2) is 25.2 Å². The third kappa shape index (κ3) is 6.40. The van der Waals surface area contributed by atoms with Crippen molar-refractivity contribution in [3.63, 3.8) is 0 Å². The third-order valence-electron chi connectivity index (χ3n) is 3.09. The highest BCUT2D eigenvalue weighted by atomic mass is 35.5. The number of carbonyl (C=O) groups is 1. The van der Waals surface area contributed by atoms with Crippen LogP contribution in [0.15, 0.2) is 48.5 Å². The van der Waals surface area contributed by atoms with E-state index in [0.29, 0.717) is 16.3 Å². The van der Waals surface area contributed by atoms with Crippen LogP contribution in [0.3, 0.4) is 0 Å². The summed E-state index contributed by atoms with van der Waals surface area (Å²) in [6.45, 7) is 4.36. The monoisotopic (exact) mass is 357 g/mol. The van der Waals surface area contributed by atoms with Gasteiger partial charge in [-0.1, -0.05) is 35.6 Å². The summed E-state index contributed by atoms with van der Waals surface area (Å²) < 4.78 is 11.0. The first-order chi connectivity index (χ1) is 12.1. The summed E-state index contributed by atoms with van der Waals surface area (Å²) in [5, 5.41) is 3.28. The van der Waals surface area contributed by atoms with Crippen LogP contribution in [0.25, 0.3) is 0 Å². The van der Waals surface area contributed by atoms with Crippen molar-refractivity contribution in [2.24, 2.45) is 0 Å². The summed E-state index contributed by atoms with van der Waals surface area (Å²) in [5.74, 6) is 6.82. The second-order valence-electron chi connectivity index (χ2n) is 5.45. The van der Waals surface area contributed by atoms with Crippen molar-refractivity contribution >= 4 is 17.5 Å². The Hall–Kier alpha value is -2.64. The molecule has 5 heteroatoms. The van der Waals surface area contributed by atoms with Crippen LogP contribution in [-0.2, 0) is 0 Å². The number of hydrogen-bond acceptors (Lipinski definition) is 3. The van der Waals surface area contributed by atoms with Gasteiger partial charge in [0.05, 0.1) is 17.7 Å². The van der Waals surface area contributed by atoms with Gasteiger partial charge >= 0.3 is 0 Å². The Balaban J connectivity index is 1.74. The molecule has 0 heterocycles. The first-order valence-electron chi connectivity index (χ1n) is 7.94. The van der Waals surface area contributed by atoms with Gasteiger partial charge in [0.15, 0.2) is 0 Å². The molecular formula is C20H20ClNO3. The number of amides is 1. The highest BCUT2D eigenvalue weighted by molar-refractivity contribution is 6.32. The Labute approximate surface area is 153 Å². The predicted octanol–water partition coefficient (Wildman–Crippen LogP) is 3.94.